The third kappa shape index (κ3) is 3.49. The monoisotopic (exact) mass is 332 g/mol. The van der Waals surface area contributed by atoms with Gasteiger partial charge in [0.1, 0.15) is 0 Å². The zero-order chi connectivity index (χ0) is 17.0. The van der Waals surface area contributed by atoms with Crippen molar-refractivity contribution in [3.8, 4) is 0 Å². The SMILES string of the molecule is Cc1ccc(S(=O)(=O)C(=NC=O)c2ccc([N+](=O)[O-])cc2)cc1. The first kappa shape index (κ1) is 16.5. The van der Waals surface area contributed by atoms with Crippen molar-refractivity contribution in [2.45, 2.75) is 11.8 Å². The van der Waals surface area contributed by atoms with Crippen molar-refractivity contribution in [3.63, 3.8) is 0 Å². The summed E-state index contributed by atoms with van der Waals surface area (Å²) in [5.41, 5.74) is 0.795. The third-order valence-corrected chi connectivity index (χ3v) is 4.82. The van der Waals surface area contributed by atoms with Crippen LogP contribution in [0.1, 0.15) is 11.1 Å². The maximum atomic E-state index is 12.6. The molecule has 118 valence electrons. The summed E-state index contributed by atoms with van der Waals surface area (Å²) in [6.45, 7) is 1.81. The standard InChI is InChI=1S/C15H12N2O5S/c1-11-2-8-14(9-3-11)23(21,22)15(16-10-18)12-4-6-13(7-5-12)17(19)20/h2-10H,1H3. The number of non-ortho nitro benzene ring substituents is 1. The van der Waals surface area contributed by atoms with Crippen LogP contribution in [0.15, 0.2) is 58.4 Å². The molecular weight excluding hydrogens is 320 g/mol. The van der Waals surface area contributed by atoms with E-state index >= 15 is 0 Å². The molecule has 0 fully saturated rings. The second kappa shape index (κ2) is 6.49. The van der Waals surface area contributed by atoms with E-state index in [1.807, 2.05) is 6.92 Å². The van der Waals surface area contributed by atoms with Crippen molar-refractivity contribution in [2.75, 3.05) is 0 Å². The molecule has 8 heteroatoms. The van der Waals surface area contributed by atoms with E-state index in [-0.39, 0.29) is 22.6 Å². The van der Waals surface area contributed by atoms with Gasteiger partial charge in [-0.25, -0.2) is 13.4 Å². The molecule has 7 nitrogen and oxygen atoms in total. The predicted octanol–water partition coefficient (Wildman–Crippen LogP) is 2.28. The molecule has 0 bridgehead atoms. The molecule has 2 aromatic carbocycles. The van der Waals surface area contributed by atoms with Gasteiger partial charge in [0.15, 0.2) is 5.04 Å². The van der Waals surface area contributed by atoms with Gasteiger partial charge in [0.05, 0.1) is 9.82 Å². The zero-order valence-electron chi connectivity index (χ0n) is 12.0. The quantitative estimate of drug-likeness (QED) is 0.281. The lowest BCUT2D eigenvalue weighted by Gasteiger charge is -2.07. The highest BCUT2D eigenvalue weighted by Gasteiger charge is 2.24. The van der Waals surface area contributed by atoms with Crippen LogP contribution in [0, 0.1) is 17.0 Å². The Morgan fingerprint density at radius 1 is 1.09 bits per heavy atom. The lowest BCUT2D eigenvalue weighted by atomic mass is 10.2. The number of carbonyl (C=O) groups is 1. The molecule has 0 heterocycles. The number of hydrogen-bond donors (Lipinski definition) is 0. The molecule has 0 radical (unpaired) electrons. The maximum Gasteiger partial charge on any atom is 0.269 e. The molecule has 1 amide bonds. The van der Waals surface area contributed by atoms with E-state index in [0.29, 0.717) is 0 Å². The molecule has 0 aliphatic rings. The van der Waals surface area contributed by atoms with Crippen molar-refractivity contribution in [1.82, 2.24) is 0 Å². The second-order valence-electron chi connectivity index (χ2n) is 4.66. The Hall–Kier alpha value is -2.87. The summed E-state index contributed by atoms with van der Waals surface area (Å²) in [6.07, 6.45) is 0.127. The van der Waals surface area contributed by atoms with Crippen molar-refractivity contribution in [3.05, 3.63) is 69.8 Å². The fourth-order valence-corrected chi connectivity index (χ4v) is 3.25. The third-order valence-electron chi connectivity index (χ3n) is 3.08. The van der Waals surface area contributed by atoms with E-state index in [2.05, 4.69) is 4.99 Å². The topological polar surface area (TPSA) is 107 Å². The molecule has 23 heavy (non-hydrogen) atoms. The van der Waals surface area contributed by atoms with Gasteiger partial charge >= 0.3 is 0 Å². The number of carbonyl (C=O) groups excluding carboxylic acids is 1. The van der Waals surface area contributed by atoms with Crippen LogP contribution in [0.2, 0.25) is 0 Å². The molecular formula is C15H12N2O5S. The molecule has 0 aliphatic heterocycles. The smallest absolute Gasteiger partial charge is 0.269 e. The number of aryl methyl sites for hydroxylation is 1. The van der Waals surface area contributed by atoms with Gasteiger partial charge in [-0.1, -0.05) is 17.7 Å². The number of nitro benzene ring substituents is 1. The Bertz CT molecular complexity index is 869. The number of aliphatic imine (C=N–C) groups is 1. The minimum Gasteiger partial charge on any atom is -0.276 e. The van der Waals surface area contributed by atoms with E-state index in [9.17, 15) is 23.3 Å². The highest BCUT2D eigenvalue weighted by molar-refractivity contribution is 8.07. The fourth-order valence-electron chi connectivity index (χ4n) is 1.90. The summed E-state index contributed by atoms with van der Waals surface area (Å²) in [4.78, 5) is 24.2. The van der Waals surface area contributed by atoms with E-state index in [1.165, 1.54) is 24.3 Å². The summed E-state index contributed by atoms with van der Waals surface area (Å²) >= 11 is 0. The number of hydrogen-bond acceptors (Lipinski definition) is 5. The van der Waals surface area contributed by atoms with Crippen LogP contribution < -0.4 is 0 Å². The largest absolute Gasteiger partial charge is 0.276 e. The van der Waals surface area contributed by atoms with Crippen LogP contribution in [0.25, 0.3) is 0 Å². The number of sulfone groups is 1. The molecule has 2 rings (SSSR count). The first-order valence-electron chi connectivity index (χ1n) is 6.44. The number of nitrogens with zero attached hydrogens (tertiary/aromatic N) is 2. The average Bonchev–Trinajstić information content (AvgIpc) is 2.53. The van der Waals surface area contributed by atoms with E-state index < -0.39 is 19.8 Å². The van der Waals surface area contributed by atoms with Crippen LogP contribution in [0.3, 0.4) is 0 Å². The van der Waals surface area contributed by atoms with E-state index in [0.717, 1.165) is 17.7 Å². The van der Waals surface area contributed by atoms with Crippen molar-refractivity contribution < 1.29 is 18.1 Å². The number of benzene rings is 2. The molecule has 0 N–H and O–H groups in total. The molecule has 2 aromatic rings. The minimum absolute atomic E-state index is 0.0120. The first-order valence-corrected chi connectivity index (χ1v) is 7.92. The first-order chi connectivity index (χ1) is 10.9. The molecule has 0 spiro atoms. The van der Waals surface area contributed by atoms with Crippen LogP contribution in [-0.2, 0) is 14.6 Å². The van der Waals surface area contributed by atoms with Crippen molar-refractivity contribution >= 4 is 27.0 Å². The lowest BCUT2D eigenvalue weighted by molar-refractivity contribution is -0.384. The highest BCUT2D eigenvalue weighted by atomic mass is 32.2. The Kier molecular flexibility index (Phi) is 4.65. The molecule has 0 atom stereocenters. The molecule has 0 aromatic heterocycles. The molecule has 0 unspecified atom stereocenters. The van der Waals surface area contributed by atoms with Crippen molar-refractivity contribution in [2.24, 2.45) is 4.99 Å². The molecule has 0 aliphatic carbocycles. The Morgan fingerprint density at radius 3 is 2.13 bits per heavy atom. The summed E-state index contributed by atoms with van der Waals surface area (Å²) in [5, 5.41) is 10.2. The normalized spacial score (nSPS) is 12.0. The zero-order valence-corrected chi connectivity index (χ0v) is 12.9. The van der Waals surface area contributed by atoms with Gasteiger partial charge < -0.3 is 0 Å². The van der Waals surface area contributed by atoms with Crippen LogP contribution >= 0.6 is 0 Å². The number of amides is 1. The summed E-state index contributed by atoms with van der Waals surface area (Å²) in [6, 6.07) is 10.9. The van der Waals surface area contributed by atoms with Crippen LogP contribution in [0.4, 0.5) is 5.69 Å². The fraction of sp³-hybridized carbons (Fsp3) is 0.0667. The second-order valence-corrected chi connectivity index (χ2v) is 6.53. The predicted molar refractivity (Wildman–Crippen MR) is 84.1 cm³/mol. The average molecular weight is 332 g/mol. The Morgan fingerprint density at radius 2 is 1.65 bits per heavy atom. The number of nitro groups is 1. The maximum absolute atomic E-state index is 12.6. The van der Waals surface area contributed by atoms with Gasteiger partial charge in [-0.3, -0.25) is 14.9 Å². The van der Waals surface area contributed by atoms with Crippen LogP contribution in [0.5, 0.6) is 0 Å². The van der Waals surface area contributed by atoms with Crippen LogP contribution in [-0.4, -0.2) is 24.8 Å². The molecule has 0 saturated heterocycles. The van der Waals surface area contributed by atoms with E-state index in [4.69, 9.17) is 0 Å². The van der Waals surface area contributed by atoms with E-state index in [1.54, 1.807) is 12.1 Å². The highest BCUT2D eigenvalue weighted by Crippen LogP contribution is 2.20. The molecule has 0 saturated carbocycles. The van der Waals surface area contributed by atoms with Gasteiger partial charge in [-0.2, -0.15) is 0 Å². The minimum atomic E-state index is -4.02. The van der Waals surface area contributed by atoms with Crippen molar-refractivity contribution in [1.29, 1.82) is 0 Å². The summed E-state index contributed by atoms with van der Waals surface area (Å²) in [5.74, 6) is 0. The Labute approximate surface area is 132 Å². The van der Waals surface area contributed by atoms with Gasteiger partial charge in [-0.15, -0.1) is 0 Å². The summed E-state index contributed by atoms with van der Waals surface area (Å²) in [7, 11) is -4.02. The Balaban J connectivity index is 2.54. The lowest BCUT2D eigenvalue weighted by Crippen LogP contribution is -2.17. The van der Waals surface area contributed by atoms with Gasteiger partial charge in [0.2, 0.25) is 16.2 Å². The van der Waals surface area contributed by atoms with Gasteiger partial charge in [0.25, 0.3) is 5.69 Å². The van der Waals surface area contributed by atoms with Gasteiger partial charge in [0, 0.05) is 17.7 Å². The number of rotatable bonds is 4. The van der Waals surface area contributed by atoms with Gasteiger partial charge in [-0.05, 0) is 31.2 Å². The summed E-state index contributed by atoms with van der Waals surface area (Å²) < 4.78 is 25.3.